The average molecular weight is 277 g/mol. The summed E-state index contributed by atoms with van der Waals surface area (Å²) in [6, 6.07) is 8.01. The minimum absolute atomic E-state index is 0.168. The van der Waals surface area contributed by atoms with Gasteiger partial charge in [-0.15, -0.1) is 0 Å². The van der Waals surface area contributed by atoms with Crippen molar-refractivity contribution >= 4 is 0 Å². The Labute approximate surface area is 119 Å². The van der Waals surface area contributed by atoms with Crippen LogP contribution in [-0.4, -0.2) is 37.6 Å². The highest BCUT2D eigenvalue weighted by Crippen LogP contribution is 2.39. The molecule has 2 aliphatic heterocycles. The number of para-hydroxylation sites is 1. The first kappa shape index (κ1) is 13.9. The van der Waals surface area contributed by atoms with E-state index < -0.39 is 6.10 Å². The van der Waals surface area contributed by atoms with E-state index >= 15 is 0 Å². The Bertz CT molecular complexity index is 459. The summed E-state index contributed by atoms with van der Waals surface area (Å²) in [5.74, 6) is 1.09. The average Bonchev–Trinajstić information content (AvgIpc) is 2.54. The summed E-state index contributed by atoms with van der Waals surface area (Å²) in [6.07, 6.45) is 2.32. The van der Waals surface area contributed by atoms with Gasteiger partial charge in [0.1, 0.15) is 5.75 Å². The highest BCUT2D eigenvalue weighted by Gasteiger charge is 2.44. The van der Waals surface area contributed by atoms with Gasteiger partial charge in [0.05, 0.1) is 19.3 Å². The van der Waals surface area contributed by atoms with Crippen molar-refractivity contribution in [2.75, 3.05) is 26.4 Å². The number of fused-ring (bicyclic) bond motifs is 1. The van der Waals surface area contributed by atoms with Gasteiger partial charge in [-0.3, -0.25) is 0 Å². The second kappa shape index (κ2) is 5.72. The van der Waals surface area contributed by atoms with Crippen LogP contribution in [0.3, 0.4) is 0 Å². The van der Waals surface area contributed by atoms with E-state index in [0.29, 0.717) is 19.8 Å². The second-order valence-corrected chi connectivity index (χ2v) is 6.06. The molecule has 2 aliphatic rings. The van der Waals surface area contributed by atoms with Gasteiger partial charge in [0.15, 0.2) is 0 Å². The third-order valence-corrected chi connectivity index (χ3v) is 4.71. The van der Waals surface area contributed by atoms with Crippen molar-refractivity contribution in [2.24, 2.45) is 17.1 Å². The Morgan fingerprint density at radius 2 is 2.25 bits per heavy atom. The summed E-state index contributed by atoms with van der Waals surface area (Å²) in [6.45, 7) is 2.35. The smallest absolute Gasteiger partial charge is 0.122 e. The molecule has 1 aromatic carbocycles. The number of nitrogens with two attached hydrogens (primary N) is 1. The number of hydrogen-bond acceptors (Lipinski definition) is 4. The Morgan fingerprint density at radius 3 is 3.00 bits per heavy atom. The van der Waals surface area contributed by atoms with E-state index in [4.69, 9.17) is 15.2 Å². The molecule has 0 aliphatic carbocycles. The standard InChI is InChI=1S/C16H23NO3/c17-10-16(15(18)13-5-3-7-19-9-13)8-12-4-1-2-6-14(12)20-11-16/h1-2,4,6,13,15,18H,3,5,7-11,17H2. The summed E-state index contributed by atoms with van der Waals surface area (Å²) in [5.41, 5.74) is 6.77. The summed E-state index contributed by atoms with van der Waals surface area (Å²) in [5, 5.41) is 10.8. The maximum atomic E-state index is 10.8. The maximum Gasteiger partial charge on any atom is 0.122 e. The van der Waals surface area contributed by atoms with Crippen LogP contribution in [0.15, 0.2) is 24.3 Å². The van der Waals surface area contributed by atoms with Crippen LogP contribution in [0, 0.1) is 11.3 Å². The topological polar surface area (TPSA) is 64.7 Å². The van der Waals surface area contributed by atoms with Gasteiger partial charge in [-0.2, -0.15) is 0 Å². The monoisotopic (exact) mass is 277 g/mol. The van der Waals surface area contributed by atoms with Crippen LogP contribution in [0.5, 0.6) is 5.75 Å². The fourth-order valence-corrected chi connectivity index (χ4v) is 3.40. The summed E-state index contributed by atoms with van der Waals surface area (Å²) < 4.78 is 11.4. The Morgan fingerprint density at radius 1 is 1.40 bits per heavy atom. The lowest BCUT2D eigenvalue weighted by Crippen LogP contribution is -2.54. The zero-order valence-corrected chi connectivity index (χ0v) is 11.8. The normalized spacial score (nSPS) is 31.2. The number of aliphatic hydroxyl groups is 1. The molecule has 3 atom stereocenters. The van der Waals surface area contributed by atoms with Crippen molar-refractivity contribution in [3.63, 3.8) is 0 Å². The molecule has 3 rings (SSSR count). The van der Waals surface area contributed by atoms with Crippen molar-refractivity contribution in [1.82, 2.24) is 0 Å². The molecule has 0 spiro atoms. The van der Waals surface area contributed by atoms with Crippen LogP contribution in [0.4, 0.5) is 0 Å². The molecule has 2 heterocycles. The number of aliphatic hydroxyl groups excluding tert-OH is 1. The lowest BCUT2D eigenvalue weighted by Gasteiger charge is -2.44. The number of rotatable bonds is 3. The molecule has 1 saturated heterocycles. The fourth-order valence-electron chi connectivity index (χ4n) is 3.40. The zero-order chi connectivity index (χ0) is 14.0. The van der Waals surface area contributed by atoms with Crippen LogP contribution < -0.4 is 10.5 Å². The van der Waals surface area contributed by atoms with Crippen LogP contribution in [-0.2, 0) is 11.2 Å². The van der Waals surface area contributed by atoms with Crippen molar-refractivity contribution in [1.29, 1.82) is 0 Å². The molecule has 1 aromatic rings. The van der Waals surface area contributed by atoms with E-state index in [-0.39, 0.29) is 11.3 Å². The first-order chi connectivity index (χ1) is 9.75. The van der Waals surface area contributed by atoms with Gasteiger partial charge in [-0.1, -0.05) is 18.2 Å². The molecular weight excluding hydrogens is 254 g/mol. The van der Waals surface area contributed by atoms with Gasteiger partial charge in [-0.05, 0) is 30.9 Å². The number of ether oxygens (including phenoxy) is 2. The number of hydrogen-bond donors (Lipinski definition) is 2. The molecule has 0 saturated carbocycles. The van der Waals surface area contributed by atoms with Gasteiger partial charge in [-0.25, -0.2) is 0 Å². The molecule has 1 fully saturated rings. The van der Waals surface area contributed by atoms with Crippen LogP contribution in [0.1, 0.15) is 18.4 Å². The van der Waals surface area contributed by atoms with Gasteiger partial charge in [0, 0.05) is 24.5 Å². The zero-order valence-electron chi connectivity index (χ0n) is 11.8. The fraction of sp³-hybridized carbons (Fsp3) is 0.625. The van der Waals surface area contributed by atoms with E-state index in [1.165, 1.54) is 0 Å². The molecule has 3 unspecified atom stereocenters. The summed E-state index contributed by atoms with van der Waals surface area (Å²) in [4.78, 5) is 0. The molecular formula is C16H23NO3. The number of benzene rings is 1. The molecule has 20 heavy (non-hydrogen) atoms. The quantitative estimate of drug-likeness (QED) is 0.875. The van der Waals surface area contributed by atoms with E-state index in [2.05, 4.69) is 6.07 Å². The maximum absolute atomic E-state index is 10.8. The molecule has 0 bridgehead atoms. The molecule has 110 valence electrons. The summed E-state index contributed by atoms with van der Waals surface area (Å²) >= 11 is 0. The Kier molecular flexibility index (Phi) is 3.96. The highest BCUT2D eigenvalue weighted by molar-refractivity contribution is 5.36. The lowest BCUT2D eigenvalue weighted by molar-refractivity contribution is -0.0867. The van der Waals surface area contributed by atoms with Crippen molar-refractivity contribution in [3.05, 3.63) is 29.8 Å². The predicted octanol–water partition coefficient (Wildman–Crippen LogP) is 1.35. The molecule has 0 radical (unpaired) electrons. The SMILES string of the molecule is NCC1(C(O)C2CCCOC2)COc2ccccc2C1. The Hall–Kier alpha value is -1.10. The third kappa shape index (κ3) is 2.43. The molecule has 0 amide bonds. The van der Waals surface area contributed by atoms with Gasteiger partial charge < -0.3 is 20.3 Å². The van der Waals surface area contributed by atoms with E-state index in [1.807, 2.05) is 18.2 Å². The first-order valence-electron chi connectivity index (χ1n) is 7.42. The van der Waals surface area contributed by atoms with Gasteiger partial charge >= 0.3 is 0 Å². The van der Waals surface area contributed by atoms with Crippen molar-refractivity contribution in [2.45, 2.75) is 25.4 Å². The van der Waals surface area contributed by atoms with Gasteiger partial charge in [0.25, 0.3) is 0 Å². The predicted molar refractivity (Wildman–Crippen MR) is 76.7 cm³/mol. The first-order valence-corrected chi connectivity index (χ1v) is 7.42. The van der Waals surface area contributed by atoms with Crippen LogP contribution in [0.2, 0.25) is 0 Å². The molecule has 4 heteroatoms. The van der Waals surface area contributed by atoms with Crippen LogP contribution >= 0.6 is 0 Å². The third-order valence-electron chi connectivity index (χ3n) is 4.71. The molecule has 0 aromatic heterocycles. The highest BCUT2D eigenvalue weighted by atomic mass is 16.5. The van der Waals surface area contributed by atoms with E-state index in [9.17, 15) is 5.11 Å². The lowest BCUT2D eigenvalue weighted by atomic mass is 9.70. The second-order valence-electron chi connectivity index (χ2n) is 6.06. The minimum Gasteiger partial charge on any atom is -0.493 e. The summed E-state index contributed by atoms with van der Waals surface area (Å²) in [7, 11) is 0. The van der Waals surface area contributed by atoms with E-state index in [0.717, 1.165) is 37.2 Å². The van der Waals surface area contributed by atoms with Crippen LogP contribution in [0.25, 0.3) is 0 Å². The van der Waals surface area contributed by atoms with E-state index in [1.54, 1.807) is 0 Å². The van der Waals surface area contributed by atoms with Crippen molar-refractivity contribution < 1.29 is 14.6 Å². The molecule has 3 N–H and O–H groups in total. The Balaban J connectivity index is 1.81. The van der Waals surface area contributed by atoms with Gasteiger partial charge in [0.2, 0.25) is 0 Å². The largest absolute Gasteiger partial charge is 0.493 e. The van der Waals surface area contributed by atoms with Crippen molar-refractivity contribution in [3.8, 4) is 5.75 Å². The molecule has 4 nitrogen and oxygen atoms in total. The minimum atomic E-state index is -0.471.